The van der Waals surface area contributed by atoms with Crippen molar-refractivity contribution in [1.82, 2.24) is 15.1 Å². The summed E-state index contributed by atoms with van der Waals surface area (Å²) in [7, 11) is 0. The van der Waals surface area contributed by atoms with Crippen molar-refractivity contribution in [1.29, 1.82) is 0 Å². The summed E-state index contributed by atoms with van der Waals surface area (Å²) >= 11 is 0. The fourth-order valence-corrected chi connectivity index (χ4v) is 1.84. The number of rotatable bonds is 6. The normalized spacial score (nSPS) is 14.3. The molecule has 102 valence electrons. The van der Waals surface area contributed by atoms with Crippen LogP contribution in [0.2, 0.25) is 0 Å². The fourth-order valence-electron chi connectivity index (χ4n) is 1.84. The molecule has 1 aromatic rings. The molecule has 1 rings (SSSR count). The van der Waals surface area contributed by atoms with E-state index in [1.807, 2.05) is 18.5 Å². The van der Waals surface area contributed by atoms with Crippen molar-refractivity contribution < 1.29 is 4.79 Å². The van der Waals surface area contributed by atoms with Gasteiger partial charge in [-0.2, -0.15) is 5.10 Å². The molecule has 2 unspecified atom stereocenters. The lowest BCUT2D eigenvalue weighted by molar-refractivity contribution is -0.124. The van der Waals surface area contributed by atoms with E-state index in [-0.39, 0.29) is 18.0 Å². The van der Waals surface area contributed by atoms with Crippen LogP contribution in [0.4, 0.5) is 0 Å². The van der Waals surface area contributed by atoms with Gasteiger partial charge in [-0.1, -0.05) is 20.8 Å². The van der Waals surface area contributed by atoms with Crippen LogP contribution in [0.3, 0.4) is 0 Å². The fraction of sp³-hybridized carbons (Fsp3) is 0.714. The van der Waals surface area contributed by atoms with Gasteiger partial charge in [0.15, 0.2) is 0 Å². The molecule has 0 fully saturated rings. The van der Waals surface area contributed by atoms with E-state index in [1.165, 1.54) is 0 Å². The second-order valence-corrected chi connectivity index (χ2v) is 4.77. The predicted molar refractivity (Wildman–Crippen MR) is 73.6 cm³/mol. The third kappa shape index (κ3) is 3.34. The molecule has 1 N–H and O–H groups in total. The molecule has 0 saturated heterocycles. The molecule has 18 heavy (non-hydrogen) atoms. The minimum Gasteiger partial charge on any atom is -0.352 e. The second kappa shape index (κ2) is 6.57. The molecule has 0 bridgehead atoms. The van der Waals surface area contributed by atoms with Gasteiger partial charge in [-0.3, -0.25) is 9.48 Å². The van der Waals surface area contributed by atoms with Crippen molar-refractivity contribution >= 4 is 5.91 Å². The zero-order chi connectivity index (χ0) is 13.7. The molecule has 0 spiro atoms. The number of aryl methyl sites for hydroxylation is 2. The van der Waals surface area contributed by atoms with E-state index < -0.39 is 0 Å². The Labute approximate surface area is 110 Å². The first-order valence-corrected chi connectivity index (χ1v) is 6.91. The molecule has 1 heterocycles. The average molecular weight is 251 g/mol. The van der Waals surface area contributed by atoms with Crippen molar-refractivity contribution in [2.45, 2.75) is 66.0 Å². The molecule has 4 nitrogen and oxygen atoms in total. The van der Waals surface area contributed by atoms with E-state index in [1.54, 1.807) is 0 Å². The highest BCUT2D eigenvalue weighted by Crippen LogP contribution is 2.13. The minimum atomic E-state index is -0.241. The van der Waals surface area contributed by atoms with E-state index >= 15 is 0 Å². The Morgan fingerprint density at radius 1 is 1.33 bits per heavy atom. The van der Waals surface area contributed by atoms with Crippen molar-refractivity contribution in [2.24, 2.45) is 0 Å². The monoisotopic (exact) mass is 251 g/mol. The summed E-state index contributed by atoms with van der Waals surface area (Å²) in [4.78, 5) is 12.1. The molecule has 2 atom stereocenters. The molecule has 0 aromatic carbocycles. The first-order valence-electron chi connectivity index (χ1n) is 6.91. The third-order valence-corrected chi connectivity index (χ3v) is 3.34. The summed E-state index contributed by atoms with van der Waals surface area (Å²) in [6.45, 7) is 10.2. The molecule has 0 aliphatic carbocycles. The average Bonchev–Trinajstić information content (AvgIpc) is 2.80. The van der Waals surface area contributed by atoms with Crippen LogP contribution >= 0.6 is 0 Å². The van der Waals surface area contributed by atoms with Gasteiger partial charge >= 0.3 is 0 Å². The van der Waals surface area contributed by atoms with Gasteiger partial charge in [0.25, 0.3) is 0 Å². The van der Waals surface area contributed by atoms with Gasteiger partial charge in [0.05, 0.1) is 5.69 Å². The standard InChI is InChI=1S/C14H25N3O/c1-6-10(4)15-14(18)11(5)17-13(8-3)9-12(7-2)16-17/h9-11H,6-8H2,1-5H3,(H,15,18). The van der Waals surface area contributed by atoms with Gasteiger partial charge in [-0.05, 0) is 39.2 Å². The molecule has 0 aliphatic rings. The highest BCUT2D eigenvalue weighted by Gasteiger charge is 2.19. The van der Waals surface area contributed by atoms with Crippen LogP contribution in [-0.4, -0.2) is 21.7 Å². The molecule has 1 amide bonds. The Balaban J connectivity index is 2.85. The maximum atomic E-state index is 12.1. The lowest BCUT2D eigenvalue weighted by atomic mass is 10.2. The van der Waals surface area contributed by atoms with E-state index in [0.717, 1.165) is 30.7 Å². The molecule has 1 aromatic heterocycles. The number of hydrogen-bond acceptors (Lipinski definition) is 2. The molecule has 0 radical (unpaired) electrons. The Kier molecular flexibility index (Phi) is 5.38. The number of carbonyl (C=O) groups excluding carboxylic acids is 1. The Morgan fingerprint density at radius 2 is 2.00 bits per heavy atom. The number of amides is 1. The smallest absolute Gasteiger partial charge is 0.244 e. The van der Waals surface area contributed by atoms with E-state index in [2.05, 4.69) is 37.3 Å². The lowest BCUT2D eigenvalue weighted by Gasteiger charge is -2.18. The number of aromatic nitrogens is 2. The van der Waals surface area contributed by atoms with Crippen LogP contribution < -0.4 is 5.32 Å². The van der Waals surface area contributed by atoms with Crippen molar-refractivity contribution in [3.63, 3.8) is 0 Å². The van der Waals surface area contributed by atoms with E-state index in [4.69, 9.17) is 0 Å². The Hall–Kier alpha value is -1.32. The number of hydrogen-bond donors (Lipinski definition) is 1. The Morgan fingerprint density at radius 3 is 2.50 bits per heavy atom. The molecule has 0 saturated carbocycles. The zero-order valence-electron chi connectivity index (χ0n) is 12.2. The first-order chi connectivity index (χ1) is 8.53. The van der Waals surface area contributed by atoms with Gasteiger partial charge in [0, 0.05) is 11.7 Å². The summed E-state index contributed by atoms with van der Waals surface area (Å²) in [6, 6.07) is 2.06. The highest BCUT2D eigenvalue weighted by molar-refractivity contribution is 5.80. The van der Waals surface area contributed by atoms with Crippen LogP contribution in [0.25, 0.3) is 0 Å². The summed E-state index contributed by atoms with van der Waals surface area (Å²) in [6.07, 6.45) is 2.74. The van der Waals surface area contributed by atoms with Crippen molar-refractivity contribution in [3.05, 3.63) is 17.5 Å². The lowest BCUT2D eigenvalue weighted by Crippen LogP contribution is -2.37. The van der Waals surface area contributed by atoms with Crippen LogP contribution in [0.15, 0.2) is 6.07 Å². The van der Waals surface area contributed by atoms with Crippen LogP contribution in [-0.2, 0) is 17.6 Å². The second-order valence-electron chi connectivity index (χ2n) is 4.77. The SMILES string of the molecule is CCc1cc(CC)n(C(C)C(=O)NC(C)CC)n1. The van der Waals surface area contributed by atoms with Crippen molar-refractivity contribution in [3.8, 4) is 0 Å². The van der Waals surface area contributed by atoms with Gasteiger partial charge in [-0.25, -0.2) is 0 Å². The molecular weight excluding hydrogens is 226 g/mol. The maximum Gasteiger partial charge on any atom is 0.244 e. The summed E-state index contributed by atoms with van der Waals surface area (Å²) < 4.78 is 1.86. The van der Waals surface area contributed by atoms with Crippen molar-refractivity contribution in [2.75, 3.05) is 0 Å². The number of carbonyl (C=O) groups is 1. The van der Waals surface area contributed by atoms with E-state index in [0.29, 0.717) is 0 Å². The van der Waals surface area contributed by atoms with Crippen LogP contribution in [0.1, 0.15) is 58.5 Å². The summed E-state index contributed by atoms with van der Waals surface area (Å²) in [5.74, 6) is 0.0461. The number of nitrogens with zero attached hydrogens (tertiary/aromatic N) is 2. The predicted octanol–water partition coefficient (Wildman–Crippen LogP) is 2.48. The third-order valence-electron chi connectivity index (χ3n) is 3.34. The quantitative estimate of drug-likeness (QED) is 0.844. The largest absolute Gasteiger partial charge is 0.352 e. The molecule has 0 aliphatic heterocycles. The molecular formula is C14H25N3O. The molecule has 4 heteroatoms. The van der Waals surface area contributed by atoms with Gasteiger partial charge in [0.2, 0.25) is 5.91 Å². The minimum absolute atomic E-state index is 0.0461. The van der Waals surface area contributed by atoms with Gasteiger partial charge < -0.3 is 5.32 Å². The van der Waals surface area contributed by atoms with Gasteiger partial charge in [0.1, 0.15) is 6.04 Å². The van der Waals surface area contributed by atoms with Crippen LogP contribution in [0.5, 0.6) is 0 Å². The number of nitrogens with one attached hydrogen (secondary N) is 1. The maximum absolute atomic E-state index is 12.1. The van der Waals surface area contributed by atoms with Gasteiger partial charge in [-0.15, -0.1) is 0 Å². The topological polar surface area (TPSA) is 46.9 Å². The Bertz CT molecular complexity index is 398. The first kappa shape index (κ1) is 14.7. The summed E-state index contributed by atoms with van der Waals surface area (Å²) in [5.41, 5.74) is 2.17. The zero-order valence-corrected chi connectivity index (χ0v) is 12.2. The summed E-state index contributed by atoms with van der Waals surface area (Å²) in [5, 5.41) is 7.52. The highest BCUT2D eigenvalue weighted by atomic mass is 16.2. The van der Waals surface area contributed by atoms with E-state index in [9.17, 15) is 4.79 Å². The van der Waals surface area contributed by atoms with Crippen LogP contribution in [0, 0.1) is 0 Å².